The van der Waals surface area contributed by atoms with Gasteiger partial charge in [0.15, 0.2) is 21.6 Å². The standard InChI is InChI=1S/C21H21ClN2O4S2/c1-13-4-3-5-17(14(13)2)24-18-11-30(26,27)12-19(18)29-21(24)23-20(25)10-28-16-8-6-15(22)7-9-16/h3-9,18-19H,10-12H2,1-2H3/t18-,19-/m0/s1. The van der Waals surface area contributed by atoms with E-state index in [1.54, 1.807) is 24.3 Å². The molecule has 9 heteroatoms. The van der Waals surface area contributed by atoms with E-state index in [1.165, 1.54) is 11.8 Å². The van der Waals surface area contributed by atoms with Crippen molar-refractivity contribution >= 4 is 50.0 Å². The van der Waals surface area contributed by atoms with Crippen LogP contribution in [0.25, 0.3) is 0 Å². The Morgan fingerprint density at radius 2 is 1.93 bits per heavy atom. The van der Waals surface area contributed by atoms with E-state index >= 15 is 0 Å². The van der Waals surface area contributed by atoms with E-state index in [9.17, 15) is 13.2 Å². The molecule has 0 spiro atoms. The van der Waals surface area contributed by atoms with Gasteiger partial charge in [0.05, 0.1) is 17.5 Å². The van der Waals surface area contributed by atoms with Crippen molar-refractivity contribution in [2.45, 2.75) is 25.1 Å². The number of benzene rings is 2. The first-order valence-corrected chi connectivity index (χ1v) is 12.5. The molecule has 2 aromatic carbocycles. The highest BCUT2D eigenvalue weighted by Crippen LogP contribution is 2.42. The van der Waals surface area contributed by atoms with Crippen molar-refractivity contribution in [1.29, 1.82) is 0 Å². The number of rotatable bonds is 4. The Bertz CT molecular complexity index is 1120. The van der Waals surface area contributed by atoms with Crippen molar-refractivity contribution in [1.82, 2.24) is 0 Å². The fourth-order valence-electron chi connectivity index (χ4n) is 3.66. The molecule has 1 amide bonds. The van der Waals surface area contributed by atoms with Crippen LogP contribution in [0.3, 0.4) is 0 Å². The van der Waals surface area contributed by atoms with E-state index in [2.05, 4.69) is 4.99 Å². The molecule has 0 saturated carbocycles. The predicted molar refractivity (Wildman–Crippen MR) is 122 cm³/mol. The van der Waals surface area contributed by atoms with E-state index in [-0.39, 0.29) is 29.4 Å². The van der Waals surface area contributed by atoms with E-state index in [0.29, 0.717) is 15.9 Å². The molecule has 6 nitrogen and oxygen atoms in total. The lowest BCUT2D eigenvalue weighted by molar-refractivity contribution is -0.119. The van der Waals surface area contributed by atoms with Crippen molar-refractivity contribution in [3.8, 4) is 5.75 Å². The predicted octanol–water partition coefficient (Wildman–Crippen LogP) is 3.64. The van der Waals surface area contributed by atoms with Gasteiger partial charge in [-0.2, -0.15) is 4.99 Å². The average Bonchev–Trinajstić information content (AvgIpc) is 3.14. The molecule has 2 saturated heterocycles. The molecular weight excluding hydrogens is 444 g/mol. The molecule has 30 heavy (non-hydrogen) atoms. The fourth-order valence-corrected chi connectivity index (χ4v) is 7.71. The van der Waals surface area contributed by atoms with E-state index in [4.69, 9.17) is 16.3 Å². The average molecular weight is 465 g/mol. The lowest BCUT2D eigenvalue weighted by Crippen LogP contribution is -2.38. The molecule has 2 heterocycles. The zero-order valence-electron chi connectivity index (χ0n) is 16.5. The number of carbonyl (C=O) groups is 1. The van der Waals surface area contributed by atoms with Crippen LogP contribution < -0.4 is 9.64 Å². The maximum absolute atomic E-state index is 12.5. The van der Waals surface area contributed by atoms with Gasteiger partial charge >= 0.3 is 0 Å². The summed E-state index contributed by atoms with van der Waals surface area (Å²) in [7, 11) is -3.11. The summed E-state index contributed by atoms with van der Waals surface area (Å²) in [5, 5.41) is 0.971. The number of hydrogen-bond acceptors (Lipinski definition) is 5. The van der Waals surface area contributed by atoms with Crippen molar-refractivity contribution in [2.75, 3.05) is 23.0 Å². The quantitative estimate of drug-likeness (QED) is 0.687. The SMILES string of the molecule is Cc1cccc(N2C(=NC(=O)COc3ccc(Cl)cc3)S[C@H]3CS(=O)(=O)C[C@@H]32)c1C. The van der Waals surface area contributed by atoms with Gasteiger partial charge in [-0.1, -0.05) is 35.5 Å². The summed E-state index contributed by atoms with van der Waals surface area (Å²) >= 11 is 7.21. The number of nitrogens with zero attached hydrogens (tertiary/aromatic N) is 2. The molecule has 2 aliphatic rings. The topological polar surface area (TPSA) is 76.0 Å². The number of amides is 1. The number of fused-ring (bicyclic) bond motifs is 1. The van der Waals surface area contributed by atoms with Crippen molar-refractivity contribution in [3.05, 3.63) is 58.6 Å². The normalized spacial score (nSPS) is 23.6. The Balaban J connectivity index is 1.59. The molecule has 4 rings (SSSR count). The van der Waals surface area contributed by atoms with Crippen LogP contribution in [0.1, 0.15) is 11.1 Å². The van der Waals surface area contributed by atoms with Crippen LogP contribution in [0.4, 0.5) is 5.69 Å². The molecule has 2 aliphatic heterocycles. The van der Waals surface area contributed by atoms with Crippen LogP contribution in [0.5, 0.6) is 5.75 Å². The molecule has 0 aromatic heterocycles. The zero-order valence-corrected chi connectivity index (χ0v) is 18.9. The molecule has 0 bridgehead atoms. The third-order valence-corrected chi connectivity index (χ3v) is 8.76. The molecular formula is C21H21ClN2O4S2. The maximum atomic E-state index is 12.5. The Morgan fingerprint density at radius 3 is 2.67 bits per heavy atom. The molecule has 0 radical (unpaired) electrons. The van der Waals surface area contributed by atoms with Crippen molar-refractivity contribution in [2.24, 2.45) is 4.99 Å². The minimum Gasteiger partial charge on any atom is -0.484 e. The van der Waals surface area contributed by atoms with Gasteiger partial charge in [0.2, 0.25) is 0 Å². The summed E-state index contributed by atoms with van der Waals surface area (Å²) in [6.07, 6.45) is 0. The second kappa shape index (κ2) is 8.24. The van der Waals surface area contributed by atoms with Crippen LogP contribution >= 0.6 is 23.4 Å². The van der Waals surface area contributed by atoms with E-state index in [0.717, 1.165) is 16.8 Å². The fraction of sp³-hybridized carbons (Fsp3) is 0.333. The molecule has 0 N–H and O–H groups in total. The Labute approximate surface area is 185 Å². The lowest BCUT2D eigenvalue weighted by Gasteiger charge is -2.26. The van der Waals surface area contributed by atoms with Crippen LogP contribution in [-0.2, 0) is 14.6 Å². The molecule has 2 fully saturated rings. The molecule has 2 aromatic rings. The third-order valence-electron chi connectivity index (χ3n) is 5.30. The number of aliphatic imine (C=N–C) groups is 1. The number of amidine groups is 1. The number of sulfone groups is 1. The minimum atomic E-state index is -3.11. The van der Waals surface area contributed by atoms with Gasteiger partial charge in [0.1, 0.15) is 5.75 Å². The minimum absolute atomic E-state index is 0.0620. The van der Waals surface area contributed by atoms with Gasteiger partial charge in [-0.15, -0.1) is 0 Å². The zero-order chi connectivity index (χ0) is 21.5. The van der Waals surface area contributed by atoms with Gasteiger partial charge in [-0.3, -0.25) is 4.79 Å². The summed E-state index contributed by atoms with van der Waals surface area (Å²) < 4.78 is 29.9. The highest BCUT2D eigenvalue weighted by atomic mass is 35.5. The number of anilines is 1. The highest BCUT2D eigenvalue weighted by Gasteiger charge is 2.49. The monoisotopic (exact) mass is 464 g/mol. The second-order valence-electron chi connectivity index (χ2n) is 7.42. The Kier molecular flexibility index (Phi) is 5.83. The van der Waals surface area contributed by atoms with Crippen LogP contribution in [0.15, 0.2) is 47.5 Å². The molecule has 158 valence electrons. The summed E-state index contributed by atoms with van der Waals surface area (Å²) in [6.45, 7) is 3.79. The van der Waals surface area contributed by atoms with Crippen molar-refractivity contribution < 1.29 is 17.9 Å². The summed E-state index contributed by atoms with van der Waals surface area (Å²) in [6, 6.07) is 12.4. The number of hydrogen-bond donors (Lipinski definition) is 0. The van der Waals surface area contributed by atoms with Gasteiger partial charge in [-0.25, -0.2) is 8.42 Å². The number of ether oxygens (including phenoxy) is 1. The first-order chi connectivity index (χ1) is 14.2. The van der Waals surface area contributed by atoms with E-state index in [1.807, 2.05) is 36.9 Å². The highest BCUT2D eigenvalue weighted by molar-refractivity contribution is 8.16. The molecule has 0 aliphatic carbocycles. The van der Waals surface area contributed by atoms with Crippen molar-refractivity contribution in [3.63, 3.8) is 0 Å². The van der Waals surface area contributed by atoms with E-state index < -0.39 is 15.7 Å². The van der Waals surface area contributed by atoms with Gasteiger partial charge in [0.25, 0.3) is 5.91 Å². The number of aryl methyl sites for hydroxylation is 1. The number of carbonyl (C=O) groups excluding carboxylic acids is 1. The first-order valence-electron chi connectivity index (χ1n) is 9.46. The Hall–Kier alpha value is -2.03. The smallest absolute Gasteiger partial charge is 0.285 e. The van der Waals surface area contributed by atoms with Gasteiger partial charge in [-0.05, 0) is 55.3 Å². The van der Waals surface area contributed by atoms with Crippen LogP contribution in [0.2, 0.25) is 5.02 Å². The Morgan fingerprint density at radius 1 is 1.20 bits per heavy atom. The van der Waals surface area contributed by atoms with Gasteiger partial charge in [0, 0.05) is 16.0 Å². The lowest BCUT2D eigenvalue weighted by atomic mass is 10.1. The second-order valence-corrected chi connectivity index (χ2v) is 11.2. The summed E-state index contributed by atoms with van der Waals surface area (Å²) in [5.41, 5.74) is 3.02. The molecule has 2 atom stereocenters. The largest absolute Gasteiger partial charge is 0.484 e. The van der Waals surface area contributed by atoms with Gasteiger partial charge < -0.3 is 9.64 Å². The third kappa shape index (κ3) is 4.36. The number of thioether (sulfide) groups is 1. The summed E-state index contributed by atoms with van der Waals surface area (Å²) in [5.74, 6) is 0.261. The summed E-state index contributed by atoms with van der Waals surface area (Å²) in [4.78, 5) is 18.7. The van der Waals surface area contributed by atoms with Crippen LogP contribution in [-0.4, -0.2) is 48.9 Å². The molecule has 0 unspecified atom stereocenters. The number of halogens is 1. The van der Waals surface area contributed by atoms with Crippen LogP contribution in [0, 0.1) is 13.8 Å². The first kappa shape index (κ1) is 21.2. The maximum Gasteiger partial charge on any atom is 0.285 e.